The lowest BCUT2D eigenvalue weighted by Crippen LogP contribution is -2.32. The van der Waals surface area contributed by atoms with Crippen molar-refractivity contribution >= 4 is 23.3 Å². The van der Waals surface area contributed by atoms with Gasteiger partial charge in [0, 0.05) is 40.7 Å². The monoisotopic (exact) mass is 214 g/mol. The summed E-state index contributed by atoms with van der Waals surface area (Å²) in [7, 11) is 2.21. The van der Waals surface area contributed by atoms with Crippen molar-refractivity contribution in [1.29, 1.82) is 0 Å². The van der Waals surface area contributed by atoms with Gasteiger partial charge in [0.25, 0.3) is 0 Å². The Hall–Kier alpha value is -0.0600. The molecule has 13 heavy (non-hydrogen) atoms. The third-order valence-electron chi connectivity index (χ3n) is 2.54. The highest BCUT2D eigenvalue weighted by Gasteiger charge is 2.23. The molecule has 2 nitrogen and oxygen atoms in total. The molecule has 1 aliphatic heterocycles. The van der Waals surface area contributed by atoms with E-state index in [-0.39, 0.29) is 0 Å². The zero-order chi connectivity index (χ0) is 9.26. The highest BCUT2D eigenvalue weighted by atomic mass is 32.2. The molecule has 4 heteroatoms. The Kier molecular flexibility index (Phi) is 2.91. The molecule has 0 aliphatic carbocycles. The van der Waals surface area contributed by atoms with Crippen LogP contribution in [0.5, 0.6) is 0 Å². The first-order valence-corrected chi connectivity index (χ1v) is 6.41. The predicted molar refractivity (Wildman–Crippen MR) is 59.5 cm³/mol. The summed E-state index contributed by atoms with van der Waals surface area (Å²) in [6.07, 6.45) is 2.03. The molecule has 0 spiro atoms. The second-order valence-electron chi connectivity index (χ2n) is 3.41. The van der Waals surface area contributed by atoms with Gasteiger partial charge in [0.05, 0.1) is 0 Å². The molecule has 0 N–H and O–H groups in total. The van der Waals surface area contributed by atoms with E-state index in [0.29, 0.717) is 6.04 Å². The van der Waals surface area contributed by atoms with E-state index in [9.17, 15) is 0 Å². The van der Waals surface area contributed by atoms with E-state index < -0.39 is 0 Å². The molecule has 0 saturated carbocycles. The molecule has 0 bridgehead atoms. The van der Waals surface area contributed by atoms with Crippen LogP contribution in [-0.4, -0.2) is 34.4 Å². The van der Waals surface area contributed by atoms with E-state index in [4.69, 9.17) is 0 Å². The van der Waals surface area contributed by atoms with E-state index in [1.54, 1.807) is 11.5 Å². The number of aryl methyl sites for hydroxylation is 1. The molecule has 1 unspecified atom stereocenters. The van der Waals surface area contributed by atoms with Crippen molar-refractivity contribution < 1.29 is 0 Å². The molecule has 1 aliphatic rings. The highest BCUT2D eigenvalue weighted by molar-refractivity contribution is 7.99. The molecule has 2 rings (SSSR count). The van der Waals surface area contributed by atoms with Crippen LogP contribution < -0.4 is 0 Å². The van der Waals surface area contributed by atoms with Gasteiger partial charge in [0.2, 0.25) is 0 Å². The fourth-order valence-corrected chi connectivity index (χ4v) is 3.50. The minimum absolute atomic E-state index is 0.595. The van der Waals surface area contributed by atoms with Gasteiger partial charge in [-0.3, -0.25) is 4.90 Å². The lowest BCUT2D eigenvalue weighted by atomic mass is 10.1. The van der Waals surface area contributed by atoms with Crippen LogP contribution in [0, 0.1) is 6.92 Å². The van der Waals surface area contributed by atoms with Crippen LogP contribution in [0.15, 0.2) is 6.20 Å². The van der Waals surface area contributed by atoms with E-state index in [1.165, 1.54) is 28.5 Å². The Morgan fingerprint density at radius 2 is 2.46 bits per heavy atom. The Morgan fingerprint density at radius 3 is 3.08 bits per heavy atom. The average molecular weight is 214 g/mol. The molecular formula is C9H14N2S2. The molecule has 1 saturated heterocycles. The summed E-state index contributed by atoms with van der Waals surface area (Å²) in [6.45, 7) is 3.37. The maximum Gasteiger partial charge on any atom is 0.0462 e. The third-order valence-corrected chi connectivity index (χ3v) is 4.29. The molecule has 1 fully saturated rings. The van der Waals surface area contributed by atoms with Gasteiger partial charge in [-0.2, -0.15) is 11.8 Å². The van der Waals surface area contributed by atoms with Crippen molar-refractivity contribution in [2.45, 2.75) is 13.0 Å². The van der Waals surface area contributed by atoms with E-state index in [1.807, 2.05) is 18.0 Å². The van der Waals surface area contributed by atoms with Gasteiger partial charge in [-0.1, -0.05) is 0 Å². The zero-order valence-electron chi connectivity index (χ0n) is 7.99. The molecular weight excluding hydrogens is 200 g/mol. The SMILES string of the molecule is Cc1sncc1C1CSCCN1C. The quantitative estimate of drug-likeness (QED) is 0.713. The maximum absolute atomic E-state index is 4.24. The van der Waals surface area contributed by atoms with Gasteiger partial charge in [0.15, 0.2) is 0 Å². The Balaban J connectivity index is 2.19. The number of hydrogen-bond acceptors (Lipinski definition) is 4. The Labute approximate surface area is 87.5 Å². The van der Waals surface area contributed by atoms with Crippen LogP contribution in [0.4, 0.5) is 0 Å². The first-order valence-electron chi connectivity index (χ1n) is 4.48. The van der Waals surface area contributed by atoms with Crippen LogP contribution in [0.3, 0.4) is 0 Å². The predicted octanol–water partition coefficient (Wildman–Crippen LogP) is 2.17. The lowest BCUT2D eigenvalue weighted by Gasteiger charge is -2.31. The van der Waals surface area contributed by atoms with Crippen LogP contribution in [-0.2, 0) is 0 Å². The minimum Gasteiger partial charge on any atom is -0.298 e. The second kappa shape index (κ2) is 3.98. The first-order chi connectivity index (χ1) is 6.29. The third kappa shape index (κ3) is 1.90. The van der Waals surface area contributed by atoms with E-state index in [0.717, 1.165) is 0 Å². The van der Waals surface area contributed by atoms with Crippen molar-refractivity contribution in [2.24, 2.45) is 0 Å². The fourth-order valence-electron chi connectivity index (χ4n) is 1.64. The molecule has 0 amide bonds. The zero-order valence-corrected chi connectivity index (χ0v) is 9.62. The van der Waals surface area contributed by atoms with Crippen LogP contribution in [0.25, 0.3) is 0 Å². The lowest BCUT2D eigenvalue weighted by molar-refractivity contribution is 0.274. The Bertz CT molecular complexity index is 285. The summed E-state index contributed by atoms with van der Waals surface area (Å²) in [5.41, 5.74) is 1.43. The molecule has 0 radical (unpaired) electrons. The number of aromatic nitrogens is 1. The van der Waals surface area contributed by atoms with Crippen molar-refractivity contribution in [3.8, 4) is 0 Å². The van der Waals surface area contributed by atoms with Crippen LogP contribution >= 0.6 is 23.3 Å². The topological polar surface area (TPSA) is 16.1 Å². The molecule has 1 atom stereocenters. The van der Waals surface area contributed by atoms with Crippen molar-refractivity contribution in [3.05, 3.63) is 16.6 Å². The summed E-state index contributed by atoms with van der Waals surface area (Å²) in [4.78, 5) is 3.81. The molecule has 2 heterocycles. The Morgan fingerprint density at radius 1 is 1.62 bits per heavy atom. The van der Waals surface area contributed by atoms with Gasteiger partial charge in [-0.05, 0) is 25.5 Å². The summed E-state index contributed by atoms with van der Waals surface area (Å²) < 4.78 is 4.24. The fraction of sp³-hybridized carbons (Fsp3) is 0.667. The molecule has 72 valence electrons. The van der Waals surface area contributed by atoms with Crippen LogP contribution in [0.2, 0.25) is 0 Å². The van der Waals surface area contributed by atoms with E-state index >= 15 is 0 Å². The minimum atomic E-state index is 0.595. The smallest absolute Gasteiger partial charge is 0.0462 e. The second-order valence-corrected chi connectivity index (χ2v) is 5.56. The standard InChI is InChI=1S/C9H14N2S2/c1-7-8(5-10-13-7)9-6-12-4-3-11(9)2/h5,9H,3-4,6H2,1-2H3. The summed E-state index contributed by atoms with van der Waals surface area (Å²) in [5, 5.41) is 0. The normalized spacial score (nSPS) is 24.9. The summed E-state index contributed by atoms with van der Waals surface area (Å²) in [5.74, 6) is 2.49. The number of thioether (sulfide) groups is 1. The highest BCUT2D eigenvalue weighted by Crippen LogP contribution is 2.30. The van der Waals surface area contributed by atoms with Gasteiger partial charge >= 0.3 is 0 Å². The van der Waals surface area contributed by atoms with Gasteiger partial charge in [-0.15, -0.1) is 0 Å². The van der Waals surface area contributed by atoms with Gasteiger partial charge < -0.3 is 0 Å². The molecule has 0 aromatic carbocycles. The number of hydrogen-bond donors (Lipinski definition) is 0. The first kappa shape index (κ1) is 9.49. The van der Waals surface area contributed by atoms with Gasteiger partial charge in [0.1, 0.15) is 0 Å². The largest absolute Gasteiger partial charge is 0.298 e. The number of nitrogens with zero attached hydrogens (tertiary/aromatic N) is 2. The van der Waals surface area contributed by atoms with Crippen LogP contribution in [0.1, 0.15) is 16.5 Å². The molecule has 1 aromatic rings. The van der Waals surface area contributed by atoms with Crippen molar-refractivity contribution in [2.75, 3.05) is 25.1 Å². The van der Waals surface area contributed by atoms with Crippen molar-refractivity contribution in [3.63, 3.8) is 0 Å². The van der Waals surface area contributed by atoms with E-state index in [2.05, 4.69) is 23.2 Å². The van der Waals surface area contributed by atoms with Crippen molar-refractivity contribution in [1.82, 2.24) is 9.27 Å². The maximum atomic E-state index is 4.24. The summed E-state index contributed by atoms with van der Waals surface area (Å²) >= 11 is 3.66. The van der Waals surface area contributed by atoms with Gasteiger partial charge in [-0.25, -0.2) is 4.37 Å². The average Bonchev–Trinajstić information content (AvgIpc) is 2.52. The molecule has 1 aromatic heterocycles. The number of rotatable bonds is 1. The summed E-state index contributed by atoms with van der Waals surface area (Å²) in [6, 6.07) is 0.595.